The number of Topliss-reactive ketones (excluding diaryl/α,β-unsaturated/α-hetero) is 1. The van der Waals surface area contributed by atoms with Crippen molar-refractivity contribution in [3.8, 4) is 11.5 Å². The van der Waals surface area contributed by atoms with Crippen LogP contribution in [0.15, 0.2) is 18.2 Å². The van der Waals surface area contributed by atoms with Crippen LogP contribution in [0.2, 0.25) is 0 Å². The summed E-state index contributed by atoms with van der Waals surface area (Å²) in [5.41, 5.74) is 1.18. The Kier molecular flexibility index (Phi) is 4.80. The van der Waals surface area contributed by atoms with Crippen molar-refractivity contribution in [2.45, 2.75) is 19.3 Å². The van der Waals surface area contributed by atoms with Crippen molar-refractivity contribution in [2.24, 2.45) is 0 Å². The zero-order chi connectivity index (χ0) is 13.7. The van der Waals surface area contributed by atoms with Gasteiger partial charge in [0.1, 0.15) is 17.3 Å². The summed E-state index contributed by atoms with van der Waals surface area (Å²) in [6.45, 7) is 2.74. The predicted octanol–water partition coefficient (Wildman–Crippen LogP) is 1.91. The molecular weight excluding hydrogens is 242 g/mol. The summed E-state index contributed by atoms with van der Waals surface area (Å²) in [7, 11) is 3.33. The molecule has 1 aliphatic heterocycles. The molecule has 1 heterocycles. The lowest BCUT2D eigenvalue weighted by atomic mass is 10.1. The van der Waals surface area contributed by atoms with Gasteiger partial charge in [-0.15, -0.1) is 0 Å². The van der Waals surface area contributed by atoms with Gasteiger partial charge in [0.2, 0.25) is 0 Å². The average molecular weight is 263 g/mol. The first-order chi connectivity index (χ1) is 9.22. The third-order valence-electron chi connectivity index (χ3n) is 3.61. The maximum atomic E-state index is 11.2. The highest BCUT2D eigenvalue weighted by atomic mass is 16.5. The Morgan fingerprint density at radius 3 is 2.53 bits per heavy atom. The molecule has 1 aliphatic rings. The molecule has 0 aliphatic carbocycles. The summed E-state index contributed by atoms with van der Waals surface area (Å²) >= 11 is 0. The Hall–Kier alpha value is -1.55. The van der Waals surface area contributed by atoms with Crippen molar-refractivity contribution in [3.05, 3.63) is 23.8 Å². The molecule has 0 aromatic heterocycles. The number of carbonyl (C=O) groups excluding carboxylic acids is 1. The Morgan fingerprint density at radius 2 is 1.89 bits per heavy atom. The van der Waals surface area contributed by atoms with Gasteiger partial charge in [0.15, 0.2) is 0 Å². The fraction of sp³-hybridized carbons (Fsp3) is 0.533. The third kappa shape index (κ3) is 3.70. The summed E-state index contributed by atoms with van der Waals surface area (Å²) in [4.78, 5) is 13.5. The molecule has 1 fully saturated rings. The minimum Gasteiger partial charge on any atom is -0.497 e. The van der Waals surface area contributed by atoms with Crippen LogP contribution in [0, 0.1) is 0 Å². The highest BCUT2D eigenvalue weighted by Gasteiger charge is 2.16. The molecule has 0 saturated carbocycles. The summed E-state index contributed by atoms with van der Waals surface area (Å²) in [5.74, 6) is 2.06. The molecule has 0 N–H and O–H groups in total. The number of benzene rings is 1. The monoisotopic (exact) mass is 263 g/mol. The molecule has 4 nitrogen and oxygen atoms in total. The largest absolute Gasteiger partial charge is 0.497 e. The second kappa shape index (κ2) is 6.57. The topological polar surface area (TPSA) is 38.8 Å². The molecule has 0 radical (unpaired) electrons. The molecule has 0 unspecified atom stereocenters. The van der Waals surface area contributed by atoms with Crippen LogP contribution in [-0.4, -0.2) is 44.5 Å². The number of piperidine rings is 1. The quantitative estimate of drug-likeness (QED) is 0.813. The van der Waals surface area contributed by atoms with E-state index in [0.717, 1.165) is 37.6 Å². The molecule has 0 atom stereocenters. The van der Waals surface area contributed by atoms with Crippen molar-refractivity contribution in [1.29, 1.82) is 0 Å². The van der Waals surface area contributed by atoms with E-state index in [1.165, 1.54) is 5.56 Å². The maximum absolute atomic E-state index is 11.2. The first kappa shape index (κ1) is 13.9. The van der Waals surface area contributed by atoms with Gasteiger partial charge in [-0.25, -0.2) is 0 Å². The van der Waals surface area contributed by atoms with Crippen LogP contribution in [0.5, 0.6) is 11.5 Å². The molecule has 1 saturated heterocycles. The Balaban J connectivity index is 1.93. The number of ketones is 1. The first-order valence-electron chi connectivity index (χ1n) is 6.68. The minimum absolute atomic E-state index is 0.387. The van der Waals surface area contributed by atoms with Crippen LogP contribution in [0.1, 0.15) is 18.4 Å². The fourth-order valence-corrected chi connectivity index (χ4v) is 2.36. The van der Waals surface area contributed by atoms with Crippen molar-refractivity contribution >= 4 is 5.78 Å². The molecular formula is C15H21NO3. The highest BCUT2D eigenvalue weighted by molar-refractivity contribution is 5.79. The number of hydrogen-bond acceptors (Lipinski definition) is 4. The van der Waals surface area contributed by atoms with Crippen LogP contribution in [-0.2, 0) is 11.2 Å². The Labute approximate surface area is 114 Å². The van der Waals surface area contributed by atoms with Crippen LogP contribution in [0.4, 0.5) is 0 Å². The first-order valence-corrected chi connectivity index (χ1v) is 6.68. The van der Waals surface area contributed by atoms with E-state index in [1.807, 2.05) is 18.2 Å². The zero-order valence-electron chi connectivity index (χ0n) is 11.6. The lowest BCUT2D eigenvalue weighted by Gasteiger charge is -2.25. The zero-order valence-corrected chi connectivity index (χ0v) is 11.6. The van der Waals surface area contributed by atoms with Gasteiger partial charge in [0, 0.05) is 38.5 Å². The molecule has 4 heteroatoms. The summed E-state index contributed by atoms with van der Waals surface area (Å²) < 4.78 is 10.6. The van der Waals surface area contributed by atoms with Crippen LogP contribution < -0.4 is 9.47 Å². The number of methoxy groups -OCH3 is 2. The van der Waals surface area contributed by atoms with E-state index in [4.69, 9.17) is 9.47 Å². The van der Waals surface area contributed by atoms with Crippen LogP contribution in [0.25, 0.3) is 0 Å². The smallest absolute Gasteiger partial charge is 0.135 e. The molecule has 0 spiro atoms. The summed E-state index contributed by atoms with van der Waals surface area (Å²) in [5, 5.41) is 0. The number of carbonyl (C=O) groups is 1. The number of likely N-dealkylation sites (tertiary alicyclic amines) is 1. The average Bonchev–Trinajstić information content (AvgIpc) is 2.46. The lowest BCUT2D eigenvalue weighted by Crippen LogP contribution is -2.35. The molecule has 0 bridgehead atoms. The van der Waals surface area contributed by atoms with Gasteiger partial charge in [-0.05, 0) is 18.1 Å². The van der Waals surface area contributed by atoms with Crippen LogP contribution >= 0.6 is 0 Å². The number of hydrogen-bond donors (Lipinski definition) is 0. The number of ether oxygens (including phenoxy) is 2. The Bertz CT molecular complexity index is 435. The maximum Gasteiger partial charge on any atom is 0.135 e. The fourth-order valence-electron chi connectivity index (χ4n) is 2.36. The molecule has 1 aromatic rings. The lowest BCUT2D eigenvalue weighted by molar-refractivity contribution is -0.121. The molecule has 0 amide bonds. The Morgan fingerprint density at radius 1 is 1.16 bits per heavy atom. The molecule has 104 valence electrons. The van der Waals surface area contributed by atoms with Crippen molar-refractivity contribution < 1.29 is 14.3 Å². The van der Waals surface area contributed by atoms with Gasteiger partial charge in [0.05, 0.1) is 14.2 Å². The van der Waals surface area contributed by atoms with Gasteiger partial charge in [-0.1, -0.05) is 6.07 Å². The predicted molar refractivity (Wildman–Crippen MR) is 73.9 cm³/mol. The van der Waals surface area contributed by atoms with Gasteiger partial charge in [0.25, 0.3) is 0 Å². The van der Waals surface area contributed by atoms with Gasteiger partial charge < -0.3 is 14.4 Å². The van der Waals surface area contributed by atoms with Gasteiger partial charge in [-0.2, -0.15) is 0 Å². The van der Waals surface area contributed by atoms with Gasteiger partial charge in [-0.3, -0.25) is 4.79 Å². The summed E-state index contributed by atoms with van der Waals surface area (Å²) in [6.07, 6.45) is 2.32. The second-order valence-corrected chi connectivity index (χ2v) is 4.81. The summed E-state index contributed by atoms with van der Waals surface area (Å²) in [6, 6.07) is 5.92. The second-order valence-electron chi connectivity index (χ2n) is 4.81. The third-order valence-corrected chi connectivity index (χ3v) is 3.61. The normalized spacial score (nSPS) is 16.4. The number of rotatable bonds is 5. The van der Waals surface area contributed by atoms with E-state index in [1.54, 1.807) is 14.2 Å². The van der Waals surface area contributed by atoms with Gasteiger partial charge >= 0.3 is 0 Å². The van der Waals surface area contributed by atoms with E-state index < -0.39 is 0 Å². The van der Waals surface area contributed by atoms with E-state index >= 15 is 0 Å². The molecule has 2 rings (SSSR count). The van der Waals surface area contributed by atoms with E-state index in [0.29, 0.717) is 18.6 Å². The van der Waals surface area contributed by atoms with Crippen molar-refractivity contribution in [1.82, 2.24) is 4.90 Å². The molecule has 1 aromatic carbocycles. The van der Waals surface area contributed by atoms with Crippen molar-refractivity contribution in [3.63, 3.8) is 0 Å². The van der Waals surface area contributed by atoms with Crippen molar-refractivity contribution in [2.75, 3.05) is 33.9 Å². The molecule has 19 heavy (non-hydrogen) atoms. The van der Waals surface area contributed by atoms with Crippen LogP contribution in [0.3, 0.4) is 0 Å². The SMILES string of the molecule is COc1ccc(CCN2CCC(=O)CC2)c(OC)c1. The van der Waals surface area contributed by atoms with E-state index in [9.17, 15) is 4.79 Å². The van der Waals surface area contributed by atoms with E-state index in [-0.39, 0.29) is 0 Å². The number of nitrogens with zero attached hydrogens (tertiary/aromatic N) is 1. The van der Waals surface area contributed by atoms with E-state index in [2.05, 4.69) is 4.90 Å². The minimum atomic E-state index is 0.387. The highest BCUT2D eigenvalue weighted by Crippen LogP contribution is 2.25. The standard InChI is InChI=1S/C15H21NO3/c1-18-14-4-3-12(15(11-14)19-2)5-8-16-9-6-13(17)7-10-16/h3-4,11H,5-10H2,1-2H3.